The van der Waals surface area contributed by atoms with E-state index < -0.39 is 24.1 Å². The third kappa shape index (κ3) is 3.84. The number of carbonyl (C=O) groups excluding carboxylic acids is 1. The van der Waals surface area contributed by atoms with E-state index in [1.165, 1.54) is 12.1 Å². The van der Waals surface area contributed by atoms with Gasteiger partial charge in [-0.2, -0.15) is 8.78 Å². The van der Waals surface area contributed by atoms with Crippen molar-refractivity contribution in [3.8, 4) is 0 Å². The number of carbonyl (C=O) groups is 1. The largest absolute Gasteiger partial charge is 0.378 e. The molecule has 1 aromatic rings. The molecule has 3 rings (SSSR count). The van der Waals surface area contributed by atoms with E-state index in [2.05, 4.69) is 5.32 Å². The lowest BCUT2D eigenvalue weighted by Gasteiger charge is -2.44. The summed E-state index contributed by atoms with van der Waals surface area (Å²) >= 11 is 0. The summed E-state index contributed by atoms with van der Waals surface area (Å²) in [6.45, 7) is 1.57. The number of halogens is 2. The van der Waals surface area contributed by atoms with Crippen LogP contribution >= 0.6 is 0 Å². The molecule has 2 amide bonds. The van der Waals surface area contributed by atoms with Gasteiger partial charge in [-0.15, -0.1) is 0 Å². The van der Waals surface area contributed by atoms with E-state index in [0.29, 0.717) is 32.9 Å². The zero-order chi connectivity index (χ0) is 17.0. The van der Waals surface area contributed by atoms with Crippen molar-refractivity contribution in [2.45, 2.75) is 24.4 Å². The quantitative estimate of drug-likeness (QED) is 0.919. The number of nitrogens with zero attached hydrogens (tertiary/aromatic N) is 1. The molecule has 0 aromatic heterocycles. The molecule has 2 aliphatic rings. The Bertz CT molecular complexity index is 557. The molecule has 7 heteroatoms. The zero-order valence-corrected chi connectivity index (χ0v) is 13.5. The first-order valence-corrected chi connectivity index (χ1v) is 8.19. The number of morpholine rings is 1. The van der Waals surface area contributed by atoms with Gasteiger partial charge in [0.05, 0.1) is 26.3 Å². The minimum atomic E-state index is -3.10. The number of ether oxygens (including phenoxy) is 2. The van der Waals surface area contributed by atoms with Crippen molar-refractivity contribution in [2.24, 2.45) is 0 Å². The van der Waals surface area contributed by atoms with Gasteiger partial charge < -0.3 is 19.7 Å². The van der Waals surface area contributed by atoms with Crippen molar-refractivity contribution in [3.05, 3.63) is 35.9 Å². The normalized spacial score (nSPS) is 24.8. The molecule has 1 atom stereocenters. The third-order valence-corrected chi connectivity index (χ3v) is 4.48. The molecule has 1 aromatic carbocycles. The lowest BCUT2D eigenvalue weighted by molar-refractivity contribution is -0.160. The van der Waals surface area contributed by atoms with Crippen LogP contribution < -0.4 is 5.32 Å². The molecule has 0 saturated carbocycles. The van der Waals surface area contributed by atoms with Gasteiger partial charge in [-0.05, 0) is 12.8 Å². The second-order valence-corrected chi connectivity index (χ2v) is 6.34. The molecular formula is C17H22F2N2O3. The molecule has 2 aliphatic heterocycles. The number of rotatable bonds is 3. The molecule has 2 heterocycles. The molecule has 2 fully saturated rings. The van der Waals surface area contributed by atoms with Gasteiger partial charge in [0, 0.05) is 18.7 Å². The first-order chi connectivity index (χ1) is 11.5. The van der Waals surface area contributed by atoms with Gasteiger partial charge >= 0.3 is 6.03 Å². The maximum absolute atomic E-state index is 14.2. The highest BCUT2D eigenvalue weighted by molar-refractivity contribution is 5.74. The predicted molar refractivity (Wildman–Crippen MR) is 84.0 cm³/mol. The highest BCUT2D eigenvalue weighted by Crippen LogP contribution is 2.29. The number of alkyl halides is 2. The Hall–Kier alpha value is -1.73. The van der Waals surface area contributed by atoms with Crippen LogP contribution in [0.1, 0.15) is 18.4 Å². The van der Waals surface area contributed by atoms with E-state index in [1.807, 2.05) is 0 Å². The SMILES string of the molecule is O=C(NCC(F)(F)c1ccccc1)N1CCOC2(CCCOC2)C1. The van der Waals surface area contributed by atoms with Crippen molar-refractivity contribution < 1.29 is 23.0 Å². The Morgan fingerprint density at radius 2 is 2.08 bits per heavy atom. The van der Waals surface area contributed by atoms with Crippen LogP contribution in [0.15, 0.2) is 30.3 Å². The topological polar surface area (TPSA) is 50.8 Å². The fourth-order valence-electron chi connectivity index (χ4n) is 3.17. The van der Waals surface area contributed by atoms with Crippen molar-refractivity contribution >= 4 is 6.03 Å². The summed E-state index contributed by atoms with van der Waals surface area (Å²) in [5, 5.41) is 2.35. The maximum Gasteiger partial charge on any atom is 0.317 e. The zero-order valence-electron chi connectivity index (χ0n) is 13.5. The lowest BCUT2D eigenvalue weighted by atomic mass is 9.94. The number of urea groups is 1. The molecule has 0 bridgehead atoms. The predicted octanol–water partition coefficient (Wildman–Crippen LogP) is 2.37. The average Bonchev–Trinajstić information content (AvgIpc) is 2.61. The lowest BCUT2D eigenvalue weighted by Crippen LogP contribution is -2.59. The van der Waals surface area contributed by atoms with Crippen LogP contribution in [0.4, 0.5) is 13.6 Å². The molecule has 2 saturated heterocycles. The van der Waals surface area contributed by atoms with Crippen molar-refractivity contribution in [2.75, 3.05) is 39.5 Å². The highest BCUT2D eigenvalue weighted by atomic mass is 19.3. The van der Waals surface area contributed by atoms with Gasteiger partial charge in [-0.3, -0.25) is 0 Å². The van der Waals surface area contributed by atoms with Crippen LogP contribution in [0, 0.1) is 0 Å². The summed E-state index contributed by atoms with van der Waals surface area (Å²) in [5.41, 5.74) is -0.597. The number of hydrogen-bond acceptors (Lipinski definition) is 3. The van der Waals surface area contributed by atoms with Crippen LogP contribution in [0.2, 0.25) is 0 Å². The van der Waals surface area contributed by atoms with Crippen LogP contribution in [0.3, 0.4) is 0 Å². The Morgan fingerprint density at radius 3 is 2.79 bits per heavy atom. The first kappa shape index (κ1) is 17.1. The fraction of sp³-hybridized carbons (Fsp3) is 0.588. The van der Waals surface area contributed by atoms with E-state index in [0.717, 1.165) is 12.8 Å². The van der Waals surface area contributed by atoms with Crippen molar-refractivity contribution in [1.29, 1.82) is 0 Å². The van der Waals surface area contributed by atoms with Gasteiger partial charge in [-0.1, -0.05) is 30.3 Å². The van der Waals surface area contributed by atoms with E-state index in [9.17, 15) is 13.6 Å². The number of nitrogens with one attached hydrogen (secondary N) is 1. The fourth-order valence-corrected chi connectivity index (χ4v) is 3.17. The van der Waals surface area contributed by atoms with Crippen LogP contribution in [-0.2, 0) is 15.4 Å². The van der Waals surface area contributed by atoms with E-state index in [-0.39, 0.29) is 5.56 Å². The number of amides is 2. The summed E-state index contributed by atoms with van der Waals surface area (Å²) in [6.07, 6.45) is 1.69. The minimum Gasteiger partial charge on any atom is -0.378 e. The molecule has 1 spiro atoms. The monoisotopic (exact) mass is 340 g/mol. The smallest absolute Gasteiger partial charge is 0.317 e. The standard InChI is InChI=1S/C17H22F2N2O3/c18-17(19,14-5-2-1-3-6-14)11-20-15(22)21-8-10-24-16(12-21)7-4-9-23-13-16/h1-3,5-6H,4,7-13H2,(H,20,22). The maximum atomic E-state index is 14.2. The van der Waals surface area contributed by atoms with E-state index in [1.54, 1.807) is 23.1 Å². The Balaban J connectivity index is 1.56. The van der Waals surface area contributed by atoms with Crippen molar-refractivity contribution in [3.63, 3.8) is 0 Å². The first-order valence-electron chi connectivity index (χ1n) is 8.19. The van der Waals surface area contributed by atoms with Gasteiger partial charge in [0.2, 0.25) is 0 Å². The van der Waals surface area contributed by atoms with Gasteiger partial charge in [-0.25, -0.2) is 4.79 Å². The van der Waals surface area contributed by atoms with Gasteiger partial charge in [0.1, 0.15) is 5.60 Å². The molecule has 1 unspecified atom stereocenters. The molecule has 1 N–H and O–H groups in total. The Labute approximate surface area is 139 Å². The summed E-state index contributed by atoms with van der Waals surface area (Å²) in [4.78, 5) is 13.8. The van der Waals surface area contributed by atoms with Crippen molar-refractivity contribution in [1.82, 2.24) is 10.2 Å². The number of benzene rings is 1. The van der Waals surface area contributed by atoms with Gasteiger partial charge in [0.15, 0.2) is 0 Å². The molecule has 5 nitrogen and oxygen atoms in total. The molecular weight excluding hydrogens is 318 g/mol. The summed E-state index contributed by atoms with van der Waals surface area (Å²) in [5.74, 6) is -3.10. The second-order valence-electron chi connectivity index (χ2n) is 6.34. The van der Waals surface area contributed by atoms with E-state index >= 15 is 0 Å². The number of hydrogen-bond donors (Lipinski definition) is 1. The van der Waals surface area contributed by atoms with Gasteiger partial charge in [0.25, 0.3) is 5.92 Å². The minimum absolute atomic E-state index is 0.107. The third-order valence-electron chi connectivity index (χ3n) is 4.48. The van der Waals surface area contributed by atoms with Crippen LogP contribution in [0.5, 0.6) is 0 Å². The summed E-state index contributed by atoms with van der Waals surface area (Å²) < 4.78 is 39.6. The molecule has 24 heavy (non-hydrogen) atoms. The molecule has 132 valence electrons. The van der Waals surface area contributed by atoms with Crippen LogP contribution in [0.25, 0.3) is 0 Å². The Kier molecular flexibility index (Phi) is 5.01. The molecule has 0 radical (unpaired) electrons. The highest BCUT2D eigenvalue weighted by Gasteiger charge is 2.40. The average molecular weight is 340 g/mol. The van der Waals surface area contributed by atoms with Crippen LogP contribution in [-0.4, -0.2) is 56.0 Å². The summed E-state index contributed by atoms with van der Waals surface area (Å²) in [6, 6.07) is 7.01. The summed E-state index contributed by atoms with van der Waals surface area (Å²) in [7, 11) is 0. The Morgan fingerprint density at radius 1 is 1.29 bits per heavy atom. The second kappa shape index (κ2) is 7.03. The molecule has 0 aliphatic carbocycles. The van der Waals surface area contributed by atoms with E-state index in [4.69, 9.17) is 9.47 Å².